The molecule has 0 radical (unpaired) electrons. The standard InChI is InChI=1S/C15H23N3/c1-10(2)18-9-16-17-14(18)15-6-11-3-12(7-15)5-13(4-11)8-15/h9-13H,3-8H2,1-2H3. The predicted molar refractivity (Wildman–Crippen MR) is 70.3 cm³/mol. The molecule has 0 saturated heterocycles. The van der Waals surface area contributed by atoms with Crippen molar-refractivity contribution in [3.05, 3.63) is 12.2 Å². The minimum atomic E-state index is 0.384. The van der Waals surface area contributed by atoms with Crippen molar-refractivity contribution in [3.8, 4) is 0 Å². The molecular formula is C15H23N3. The van der Waals surface area contributed by atoms with E-state index in [1.54, 1.807) is 0 Å². The van der Waals surface area contributed by atoms with Crippen molar-refractivity contribution >= 4 is 0 Å². The lowest BCUT2D eigenvalue weighted by molar-refractivity contribution is -0.0115. The van der Waals surface area contributed by atoms with Crippen LogP contribution in [0.1, 0.15) is 64.2 Å². The Morgan fingerprint density at radius 3 is 2.17 bits per heavy atom. The quantitative estimate of drug-likeness (QED) is 0.800. The van der Waals surface area contributed by atoms with Gasteiger partial charge in [0.05, 0.1) is 0 Å². The number of aromatic nitrogens is 3. The van der Waals surface area contributed by atoms with Gasteiger partial charge in [0, 0.05) is 11.5 Å². The average molecular weight is 245 g/mol. The molecule has 1 aromatic heterocycles. The van der Waals surface area contributed by atoms with Crippen molar-refractivity contribution < 1.29 is 0 Å². The third-order valence-corrected chi connectivity index (χ3v) is 5.64. The second-order valence-electron chi connectivity index (χ2n) is 7.35. The summed E-state index contributed by atoms with van der Waals surface area (Å²) in [4.78, 5) is 0. The van der Waals surface area contributed by atoms with Gasteiger partial charge in [0.15, 0.2) is 0 Å². The fourth-order valence-electron chi connectivity index (χ4n) is 5.38. The lowest BCUT2D eigenvalue weighted by Gasteiger charge is -2.56. The number of hydrogen-bond acceptors (Lipinski definition) is 2. The summed E-state index contributed by atoms with van der Waals surface area (Å²) in [5.41, 5.74) is 0.384. The summed E-state index contributed by atoms with van der Waals surface area (Å²) in [6, 6.07) is 0.489. The molecule has 3 heteroatoms. The molecule has 0 aromatic carbocycles. The van der Waals surface area contributed by atoms with Crippen LogP contribution in [0.3, 0.4) is 0 Å². The molecule has 1 heterocycles. The van der Waals surface area contributed by atoms with Crippen LogP contribution in [-0.4, -0.2) is 14.8 Å². The predicted octanol–water partition coefficient (Wildman–Crippen LogP) is 3.33. The molecule has 18 heavy (non-hydrogen) atoms. The molecule has 0 atom stereocenters. The minimum absolute atomic E-state index is 0.384. The first-order valence-corrected chi connectivity index (χ1v) is 7.56. The Hall–Kier alpha value is -0.860. The Morgan fingerprint density at radius 2 is 1.67 bits per heavy atom. The number of rotatable bonds is 2. The Balaban J connectivity index is 1.77. The van der Waals surface area contributed by atoms with Crippen molar-refractivity contribution in [3.63, 3.8) is 0 Å². The van der Waals surface area contributed by atoms with Crippen LogP contribution >= 0.6 is 0 Å². The second-order valence-corrected chi connectivity index (χ2v) is 7.35. The molecule has 0 unspecified atom stereocenters. The fourth-order valence-corrected chi connectivity index (χ4v) is 5.38. The normalized spacial score (nSPS) is 41.8. The SMILES string of the molecule is CC(C)n1cnnc1C12CC3CC(CC(C3)C1)C2. The van der Waals surface area contributed by atoms with Crippen LogP contribution in [-0.2, 0) is 5.41 Å². The van der Waals surface area contributed by atoms with Crippen LogP contribution in [0.25, 0.3) is 0 Å². The summed E-state index contributed by atoms with van der Waals surface area (Å²) in [5.74, 6) is 4.24. The van der Waals surface area contributed by atoms with E-state index in [2.05, 4.69) is 28.6 Å². The molecule has 0 amide bonds. The first kappa shape index (κ1) is 11.0. The number of hydrogen-bond donors (Lipinski definition) is 0. The van der Waals surface area contributed by atoms with Gasteiger partial charge < -0.3 is 4.57 Å². The molecule has 4 fully saturated rings. The van der Waals surface area contributed by atoms with Gasteiger partial charge in [-0.3, -0.25) is 0 Å². The first-order valence-electron chi connectivity index (χ1n) is 7.56. The van der Waals surface area contributed by atoms with Gasteiger partial charge in [0.2, 0.25) is 0 Å². The van der Waals surface area contributed by atoms with E-state index in [1.807, 2.05) is 6.33 Å². The highest BCUT2D eigenvalue weighted by Gasteiger charge is 2.53. The van der Waals surface area contributed by atoms with Crippen molar-refractivity contribution in [1.29, 1.82) is 0 Å². The van der Waals surface area contributed by atoms with Gasteiger partial charge in [0.25, 0.3) is 0 Å². The van der Waals surface area contributed by atoms with E-state index in [0.29, 0.717) is 11.5 Å². The molecule has 98 valence electrons. The smallest absolute Gasteiger partial charge is 0.139 e. The van der Waals surface area contributed by atoms with Crippen LogP contribution in [0.5, 0.6) is 0 Å². The molecule has 0 N–H and O–H groups in total. The highest BCUT2D eigenvalue weighted by Crippen LogP contribution is 2.60. The zero-order valence-corrected chi connectivity index (χ0v) is 11.5. The van der Waals surface area contributed by atoms with Crippen molar-refractivity contribution in [1.82, 2.24) is 14.8 Å². The molecule has 3 nitrogen and oxygen atoms in total. The van der Waals surface area contributed by atoms with E-state index < -0.39 is 0 Å². The zero-order chi connectivity index (χ0) is 12.3. The molecular weight excluding hydrogens is 222 g/mol. The van der Waals surface area contributed by atoms with Gasteiger partial charge in [-0.25, -0.2) is 0 Å². The van der Waals surface area contributed by atoms with Gasteiger partial charge in [-0.2, -0.15) is 0 Å². The van der Waals surface area contributed by atoms with Gasteiger partial charge in [-0.1, -0.05) is 0 Å². The molecule has 5 rings (SSSR count). The van der Waals surface area contributed by atoms with E-state index >= 15 is 0 Å². The average Bonchev–Trinajstić information content (AvgIpc) is 2.76. The van der Waals surface area contributed by atoms with Crippen molar-refractivity contribution in [2.24, 2.45) is 17.8 Å². The van der Waals surface area contributed by atoms with Crippen LogP contribution in [0.2, 0.25) is 0 Å². The zero-order valence-electron chi connectivity index (χ0n) is 11.5. The molecule has 4 aliphatic carbocycles. The molecule has 4 aliphatic rings. The Bertz CT molecular complexity index is 425. The summed E-state index contributed by atoms with van der Waals surface area (Å²) in [6.07, 6.45) is 10.6. The summed E-state index contributed by atoms with van der Waals surface area (Å²) < 4.78 is 2.33. The van der Waals surface area contributed by atoms with Gasteiger partial charge >= 0.3 is 0 Å². The van der Waals surface area contributed by atoms with E-state index in [0.717, 1.165) is 17.8 Å². The Morgan fingerprint density at radius 1 is 1.11 bits per heavy atom. The fraction of sp³-hybridized carbons (Fsp3) is 0.867. The van der Waals surface area contributed by atoms with E-state index in [-0.39, 0.29) is 0 Å². The summed E-state index contributed by atoms with van der Waals surface area (Å²) in [6.45, 7) is 4.49. The van der Waals surface area contributed by atoms with Gasteiger partial charge in [-0.15, -0.1) is 10.2 Å². The van der Waals surface area contributed by atoms with E-state index in [4.69, 9.17) is 0 Å². The van der Waals surface area contributed by atoms with Crippen LogP contribution in [0.4, 0.5) is 0 Å². The Labute approximate surface area is 109 Å². The molecule has 4 saturated carbocycles. The van der Waals surface area contributed by atoms with Crippen LogP contribution in [0, 0.1) is 17.8 Å². The third kappa shape index (κ3) is 1.42. The van der Waals surface area contributed by atoms with E-state index in [1.165, 1.54) is 44.3 Å². The lowest BCUT2D eigenvalue weighted by Crippen LogP contribution is -2.49. The monoisotopic (exact) mass is 245 g/mol. The highest BCUT2D eigenvalue weighted by molar-refractivity contribution is 5.17. The summed E-state index contributed by atoms with van der Waals surface area (Å²) >= 11 is 0. The lowest BCUT2D eigenvalue weighted by atomic mass is 9.49. The summed E-state index contributed by atoms with van der Waals surface area (Å²) in [5, 5.41) is 8.75. The van der Waals surface area contributed by atoms with Gasteiger partial charge in [0.1, 0.15) is 12.2 Å². The first-order chi connectivity index (χ1) is 8.66. The van der Waals surface area contributed by atoms with Crippen LogP contribution in [0.15, 0.2) is 6.33 Å². The number of nitrogens with zero attached hydrogens (tertiary/aromatic N) is 3. The third-order valence-electron chi connectivity index (χ3n) is 5.64. The second kappa shape index (κ2) is 3.58. The topological polar surface area (TPSA) is 30.7 Å². The maximum Gasteiger partial charge on any atom is 0.139 e. The van der Waals surface area contributed by atoms with Crippen molar-refractivity contribution in [2.75, 3.05) is 0 Å². The molecule has 0 spiro atoms. The summed E-state index contributed by atoms with van der Waals surface area (Å²) in [7, 11) is 0. The van der Waals surface area contributed by atoms with Crippen LogP contribution < -0.4 is 0 Å². The Kier molecular flexibility index (Phi) is 2.19. The molecule has 4 bridgehead atoms. The maximum absolute atomic E-state index is 4.54. The largest absolute Gasteiger partial charge is 0.315 e. The molecule has 0 aliphatic heterocycles. The minimum Gasteiger partial charge on any atom is -0.315 e. The molecule has 1 aromatic rings. The van der Waals surface area contributed by atoms with Crippen molar-refractivity contribution in [2.45, 2.75) is 63.8 Å². The maximum atomic E-state index is 4.54. The van der Waals surface area contributed by atoms with Gasteiger partial charge in [-0.05, 0) is 70.1 Å². The van der Waals surface area contributed by atoms with E-state index in [9.17, 15) is 0 Å². The highest BCUT2D eigenvalue weighted by atomic mass is 15.3.